The quantitative estimate of drug-likeness (QED) is 0.292. The summed E-state index contributed by atoms with van der Waals surface area (Å²) in [4.78, 5) is 0. The molecule has 2 aromatic rings. The molecule has 2 aliphatic carbocycles. The van der Waals surface area contributed by atoms with E-state index in [2.05, 4.69) is 29.7 Å². The lowest BCUT2D eigenvalue weighted by Gasteiger charge is -2.37. The molecule has 2 atom stereocenters. The molecule has 0 amide bonds. The molecule has 0 radical (unpaired) electrons. The molecule has 2 aliphatic rings. The molecule has 1 fully saturated rings. The molecule has 1 aromatic heterocycles. The van der Waals surface area contributed by atoms with Crippen LogP contribution in [0.25, 0.3) is 11.8 Å². The first-order valence-electron chi connectivity index (χ1n) is 14.6. The zero-order valence-corrected chi connectivity index (χ0v) is 25.8. The van der Waals surface area contributed by atoms with Crippen LogP contribution < -0.4 is 4.72 Å². The molecule has 0 spiro atoms. The standard InChI is InChI=1S/C19H21FN2.C11H20FNO2S.C2H6/c1-3-19-11-14-12-21-22(17-8-6-16(20)7-9-17)18(14)10-15(19)5-4-13(19)2;1-3-5-6-7-11(10-12)8-9-13-16(14,15)4-2;1-2/h6-10,12-13H,3-5,11H2,1-2H3;5-7,13H,3-4,8-10H2,1-2H3;1-2H3/b;6-5-,11-7-;/t13?,19-;;/m1../s1. The van der Waals surface area contributed by atoms with Crippen LogP contribution in [0.5, 0.6) is 0 Å². The Morgan fingerprint density at radius 2 is 1.90 bits per heavy atom. The van der Waals surface area contributed by atoms with E-state index < -0.39 is 16.7 Å². The summed E-state index contributed by atoms with van der Waals surface area (Å²) in [5.74, 6) is 0.584. The van der Waals surface area contributed by atoms with Crippen LogP contribution in [0.2, 0.25) is 0 Å². The zero-order chi connectivity index (χ0) is 29.8. The number of nitrogens with zero attached hydrogens (tertiary/aromatic N) is 2. The fraction of sp³-hybridized carbons (Fsp3) is 0.531. The Morgan fingerprint density at radius 1 is 1.20 bits per heavy atom. The van der Waals surface area contributed by atoms with Gasteiger partial charge in [-0.3, -0.25) is 0 Å². The van der Waals surface area contributed by atoms with Crippen LogP contribution >= 0.6 is 0 Å². The minimum absolute atomic E-state index is 0.0530. The first kappa shape index (κ1) is 33.6. The van der Waals surface area contributed by atoms with E-state index in [1.165, 1.54) is 42.7 Å². The summed E-state index contributed by atoms with van der Waals surface area (Å²) in [6.07, 6.45) is 15.8. The van der Waals surface area contributed by atoms with Gasteiger partial charge in [-0.05, 0) is 98.3 Å². The highest BCUT2D eigenvalue weighted by Gasteiger charge is 2.45. The topological polar surface area (TPSA) is 64.0 Å². The molecule has 1 N–H and O–H groups in total. The molecule has 8 heteroatoms. The number of nitrogens with one attached hydrogen (secondary N) is 1. The molecule has 40 heavy (non-hydrogen) atoms. The predicted octanol–water partition coefficient (Wildman–Crippen LogP) is 7.98. The van der Waals surface area contributed by atoms with Crippen molar-refractivity contribution in [2.75, 3.05) is 19.0 Å². The van der Waals surface area contributed by atoms with E-state index in [9.17, 15) is 17.2 Å². The summed E-state index contributed by atoms with van der Waals surface area (Å²) in [6.45, 7) is 12.0. The maximum Gasteiger partial charge on any atom is 0.211 e. The minimum Gasteiger partial charge on any atom is -0.246 e. The second-order valence-corrected chi connectivity index (χ2v) is 12.2. The van der Waals surface area contributed by atoms with Crippen molar-refractivity contribution in [1.29, 1.82) is 0 Å². The number of allylic oxidation sites excluding steroid dienone is 4. The number of hydrogen-bond donors (Lipinski definition) is 1. The number of aromatic nitrogens is 2. The lowest BCUT2D eigenvalue weighted by molar-refractivity contribution is 0.251. The van der Waals surface area contributed by atoms with Crippen LogP contribution in [0, 0.1) is 17.2 Å². The monoisotopic (exact) mass is 575 g/mol. The number of alkyl halides is 1. The van der Waals surface area contributed by atoms with Crippen molar-refractivity contribution in [1.82, 2.24) is 14.5 Å². The third kappa shape index (κ3) is 8.46. The average Bonchev–Trinajstić information content (AvgIpc) is 3.53. The number of fused-ring (bicyclic) bond motifs is 2. The Morgan fingerprint density at radius 3 is 2.50 bits per heavy atom. The maximum absolute atomic E-state index is 13.1. The number of rotatable bonds is 10. The van der Waals surface area contributed by atoms with Gasteiger partial charge in [-0.2, -0.15) is 5.10 Å². The summed E-state index contributed by atoms with van der Waals surface area (Å²) in [6, 6.07) is 6.57. The van der Waals surface area contributed by atoms with Crippen LogP contribution in [-0.4, -0.2) is 37.2 Å². The van der Waals surface area contributed by atoms with Crippen LogP contribution in [0.15, 0.2) is 59.8 Å². The van der Waals surface area contributed by atoms with Crippen LogP contribution in [0.4, 0.5) is 8.78 Å². The molecule has 0 saturated heterocycles. The van der Waals surface area contributed by atoms with Gasteiger partial charge < -0.3 is 0 Å². The molecule has 0 aliphatic heterocycles. The Bertz CT molecular complexity index is 1260. The zero-order valence-electron chi connectivity index (χ0n) is 25.0. The average molecular weight is 576 g/mol. The molecule has 4 rings (SSSR count). The minimum atomic E-state index is -3.17. The van der Waals surface area contributed by atoms with Crippen molar-refractivity contribution in [2.24, 2.45) is 11.3 Å². The van der Waals surface area contributed by atoms with Crippen molar-refractivity contribution in [2.45, 2.75) is 80.1 Å². The third-order valence-electron chi connectivity index (χ3n) is 7.86. The summed E-state index contributed by atoms with van der Waals surface area (Å²) in [5, 5.41) is 4.57. The molecule has 0 bridgehead atoms. The second kappa shape index (κ2) is 16.0. The first-order valence-corrected chi connectivity index (χ1v) is 16.3. The predicted molar refractivity (Wildman–Crippen MR) is 163 cm³/mol. The first-order chi connectivity index (χ1) is 19.2. The van der Waals surface area contributed by atoms with Crippen molar-refractivity contribution in [3.05, 3.63) is 76.9 Å². The van der Waals surface area contributed by atoms with Crippen LogP contribution in [0.1, 0.15) is 84.9 Å². The maximum atomic E-state index is 13.1. The molecule has 1 heterocycles. The van der Waals surface area contributed by atoms with E-state index in [1.807, 2.05) is 37.7 Å². The van der Waals surface area contributed by atoms with Gasteiger partial charge in [-0.25, -0.2) is 26.6 Å². The fourth-order valence-corrected chi connectivity index (χ4v) is 6.01. The van der Waals surface area contributed by atoms with Crippen LogP contribution in [0.3, 0.4) is 0 Å². The Kier molecular flexibility index (Phi) is 13.5. The largest absolute Gasteiger partial charge is 0.246 e. The number of halogens is 2. The van der Waals surface area contributed by atoms with Crippen molar-refractivity contribution >= 4 is 16.1 Å². The highest BCUT2D eigenvalue weighted by atomic mass is 32.2. The molecule has 222 valence electrons. The van der Waals surface area contributed by atoms with Gasteiger partial charge in [0, 0.05) is 6.54 Å². The molecule has 1 unspecified atom stereocenters. The smallest absolute Gasteiger partial charge is 0.211 e. The van der Waals surface area contributed by atoms with E-state index >= 15 is 0 Å². The Balaban J connectivity index is 0.000000279. The highest BCUT2D eigenvalue weighted by molar-refractivity contribution is 7.89. The Labute approximate surface area is 240 Å². The molecule has 1 saturated carbocycles. The normalized spacial score (nSPS) is 20.1. The lowest BCUT2D eigenvalue weighted by atomic mass is 9.67. The summed E-state index contributed by atoms with van der Waals surface area (Å²) >= 11 is 0. The second-order valence-electron chi connectivity index (χ2n) is 10.1. The van der Waals surface area contributed by atoms with Crippen LogP contribution in [-0.2, 0) is 16.4 Å². The molecule has 1 aromatic carbocycles. The third-order valence-corrected chi connectivity index (χ3v) is 9.26. The van der Waals surface area contributed by atoms with Gasteiger partial charge in [0.2, 0.25) is 10.0 Å². The van der Waals surface area contributed by atoms with Gasteiger partial charge in [0.25, 0.3) is 0 Å². The number of sulfonamides is 1. The summed E-state index contributed by atoms with van der Waals surface area (Å²) in [7, 11) is -3.17. The van der Waals surface area contributed by atoms with Gasteiger partial charge in [-0.1, -0.05) is 58.4 Å². The van der Waals surface area contributed by atoms with E-state index in [0.29, 0.717) is 17.4 Å². The molecular formula is C32H47F2N3O2S. The number of benzene rings is 1. The van der Waals surface area contributed by atoms with Crippen molar-refractivity contribution in [3.8, 4) is 5.69 Å². The van der Waals surface area contributed by atoms with E-state index in [1.54, 1.807) is 36.8 Å². The molecule has 5 nitrogen and oxygen atoms in total. The van der Waals surface area contributed by atoms with Gasteiger partial charge in [-0.15, -0.1) is 0 Å². The summed E-state index contributed by atoms with van der Waals surface area (Å²) in [5.41, 5.74) is 5.95. The SMILES string of the molecule is CC.CC/C=C\C=C(/CF)CCNS(=O)(=O)CC.CC[C@]12Cc3cnn(-c4ccc(F)cc4)c3C=C1CCC2C. The Hall–Kier alpha value is -2.58. The van der Waals surface area contributed by atoms with Gasteiger partial charge >= 0.3 is 0 Å². The van der Waals surface area contributed by atoms with E-state index in [-0.39, 0.29) is 18.1 Å². The van der Waals surface area contributed by atoms with Gasteiger partial charge in [0.05, 0.1) is 23.3 Å². The highest BCUT2D eigenvalue weighted by Crippen LogP contribution is 2.55. The van der Waals surface area contributed by atoms with E-state index in [0.717, 1.165) is 24.4 Å². The van der Waals surface area contributed by atoms with Gasteiger partial charge in [0.15, 0.2) is 0 Å². The van der Waals surface area contributed by atoms with Crippen molar-refractivity contribution in [3.63, 3.8) is 0 Å². The van der Waals surface area contributed by atoms with E-state index in [4.69, 9.17) is 0 Å². The van der Waals surface area contributed by atoms with Crippen molar-refractivity contribution < 1.29 is 17.2 Å². The van der Waals surface area contributed by atoms with Gasteiger partial charge in [0.1, 0.15) is 12.5 Å². The summed E-state index contributed by atoms with van der Waals surface area (Å²) < 4.78 is 52.2. The molecular weight excluding hydrogens is 528 g/mol. The fourth-order valence-electron chi connectivity index (χ4n) is 5.40. The number of hydrogen-bond acceptors (Lipinski definition) is 3. The lowest BCUT2D eigenvalue weighted by Crippen LogP contribution is -2.30.